The van der Waals surface area contributed by atoms with E-state index in [1.165, 1.54) is 12.0 Å². The Hall–Kier alpha value is -1.31. The maximum Gasteiger partial charge on any atom is 0.225 e. The van der Waals surface area contributed by atoms with Gasteiger partial charge in [0.2, 0.25) is 5.91 Å². The maximum absolute atomic E-state index is 11.9. The van der Waals surface area contributed by atoms with Crippen LogP contribution in [0.25, 0.3) is 0 Å². The van der Waals surface area contributed by atoms with Crippen LogP contribution < -0.4 is 0 Å². The zero-order valence-electron chi connectivity index (χ0n) is 11.2. The van der Waals surface area contributed by atoms with Gasteiger partial charge in [-0.05, 0) is 36.2 Å². The molecule has 0 bridgehead atoms. The van der Waals surface area contributed by atoms with Gasteiger partial charge in [0.25, 0.3) is 0 Å². The molecule has 1 aromatic rings. The summed E-state index contributed by atoms with van der Waals surface area (Å²) in [5.74, 6) is 1.33. The molecular weight excluding hydrogens is 222 g/mol. The third-order valence-corrected chi connectivity index (χ3v) is 4.64. The van der Waals surface area contributed by atoms with Gasteiger partial charge < -0.3 is 4.90 Å². The first-order valence-electron chi connectivity index (χ1n) is 6.92. The molecule has 0 heterocycles. The Morgan fingerprint density at radius 2 is 2.00 bits per heavy atom. The second kappa shape index (κ2) is 4.11. The average Bonchev–Trinajstić information content (AvgIpc) is 3.28. The first kappa shape index (κ1) is 11.8. The fraction of sp³-hybridized carbons (Fsp3) is 0.562. The molecule has 1 aromatic carbocycles. The van der Waals surface area contributed by atoms with Crippen LogP contribution in [0.1, 0.15) is 31.7 Å². The van der Waals surface area contributed by atoms with Crippen LogP contribution in [0.3, 0.4) is 0 Å². The minimum Gasteiger partial charge on any atom is -0.345 e. The minimum absolute atomic E-state index is 0.291. The lowest BCUT2D eigenvalue weighted by Gasteiger charge is -2.19. The van der Waals surface area contributed by atoms with E-state index in [1.807, 2.05) is 11.9 Å². The van der Waals surface area contributed by atoms with E-state index < -0.39 is 0 Å². The minimum atomic E-state index is 0.291. The second-order valence-corrected chi connectivity index (χ2v) is 6.18. The molecule has 2 heteroatoms. The topological polar surface area (TPSA) is 20.3 Å². The Balaban J connectivity index is 1.61. The van der Waals surface area contributed by atoms with Crippen LogP contribution in [0.15, 0.2) is 30.3 Å². The van der Waals surface area contributed by atoms with Crippen molar-refractivity contribution in [2.45, 2.75) is 31.6 Å². The largest absolute Gasteiger partial charge is 0.345 e. The highest BCUT2D eigenvalue weighted by Crippen LogP contribution is 2.54. The third kappa shape index (κ3) is 2.05. The van der Waals surface area contributed by atoms with Crippen LogP contribution in [0.2, 0.25) is 0 Å². The number of hydrogen-bond acceptors (Lipinski definition) is 1. The molecule has 2 atom stereocenters. The molecule has 96 valence electrons. The van der Waals surface area contributed by atoms with Crippen molar-refractivity contribution in [2.24, 2.45) is 11.8 Å². The predicted molar refractivity (Wildman–Crippen MR) is 72.3 cm³/mol. The molecule has 2 saturated carbocycles. The lowest BCUT2D eigenvalue weighted by atomic mass is 9.95. The molecule has 0 N–H and O–H groups in total. The van der Waals surface area contributed by atoms with E-state index in [0.29, 0.717) is 23.2 Å². The SMILES string of the molecule is CN(CC1CC1(C)c1ccccc1)C(=O)C1CC1. The van der Waals surface area contributed by atoms with E-state index in [1.54, 1.807) is 0 Å². The molecule has 18 heavy (non-hydrogen) atoms. The summed E-state index contributed by atoms with van der Waals surface area (Å²) in [6.07, 6.45) is 3.41. The first-order chi connectivity index (χ1) is 8.61. The maximum atomic E-state index is 11.9. The Morgan fingerprint density at radius 3 is 2.61 bits per heavy atom. The fourth-order valence-corrected chi connectivity index (χ4v) is 2.95. The monoisotopic (exact) mass is 243 g/mol. The van der Waals surface area contributed by atoms with Crippen molar-refractivity contribution in [3.05, 3.63) is 35.9 Å². The molecule has 2 aliphatic carbocycles. The molecule has 0 aromatic heterocycles. The Bertz CT molecular complexity index is 451. The zero-order valence-corrected chi connectivity index (χ0v) is 11.2. The fourth-order valence-electron chi connectivity index (χ4n) is 2.95. The Kier molecular flexibility index (Phi) is 2.69. The summed E-state index contributed by atoms with van der Waals surface area (Å²) in [7, 11) is 1.96. The van der Waals surface area contributed by atoms with Gasteiger partial charge in [0.15, 0.2) is 0 Å². The number of nitrogens with zero attached hydrogens (tertiary/aromatic N) is 1. The van der Waals surface area contributed by atoms with Gasteiger partial charge in [0, 0.05) is 19.5 Å². The van der Waals surface area contributed by atoms with Crippen molar-refractivity contribution >= 4 is 5.91 Å². The average molecular weight is 243 g/mol. The lowest BCUT2D eigenvalue weighted by Crippen LogP contribution is -2.31. The number of amides is 1. The zero-order chi connectivity index (χ0) is 12.8. The van der Waals surface area contributed by atoms with Crippen molar-refractivity contribution in [3.63, 3.8) is 0 Å². The number of carbonyl (C=O) groups excluding carboxylic acids is 1. The van der Waals surface area contributed by atoms with Gasteiger partial charge in [0.1, 0.15) is 0 Å². The summed E-state index contributed by atoms with van der Waals surface area (Å²) in [6.45, 7) is 3.24. The van der Waals surface area contributed by atoms with Crippen LogP contribution >= 0.6 is 0 Å². The van der Waals surface area contributed by atoms with Crippen molar-refractivity contribution < 1.29 is 4.79 Å². The summed E-state index contributed by atoms with van der Waals surface area (Å²) in [5, 5.41) is 0. The molecule has 0 radical (unpaired) electrons. The van der Waals surface area contributed by atoms with Crippen molar-refractivity contribution in [2.75, 3.05) is 13.6 Å². The van der Waals surface area contributed by atoms with Gasteiger partial charge >= 0.3 is 0 Å². The van der Waals surface area contributed by atoms with Gasteiger partial charge in [-0.2, -0.15) is 0 Å². The Labute approximate surface area is 109 Å². The highest BCUT2D eigenvalue weighted by molar-refractivity contribution is 5.80. The normalized spacial score (nSPS) is 30.0. The first-order valence-corrected chi connectivity index (χ1v) is 6.92. The highest BCUT2D eigenvalue weighted by Gasteiger charge is 2.51. The van der Waals surface area contributed by atoms with Crippen LogP contribution in [-0.2, 0) is 10.2 Å². The second-order valence-electron chi connectivity index (χ2n) is 6.18. The van der Waals surface area contributed by atoms with Crippen LogP contribution in [0, 0.1) is 11.8 Å². The lowest BCUT2D eigenvalue weighted by molar-refractivity contribution is -0.131. The van der Waals surface area contributed by atoms with Crippen LogP contribution in [0.5, 0.6) is 0 Å². The predicted octanol–water partition coefficient (Wildman–Crippen LogP) is 2.83. The number of rotatable bonds is 4. The molecule has 2 fully saturated rings. The van der Waals surface area contributed by atoms with E-state index in [-0.39, 0.29) is 0 Å². The number of benzene rings is 1. The summed E-state index contributed by atoms with van der Waals surface area (Å²) >= 11 is 0. The van der Waals surface area contributed by atoms with Gasteiger partial charge in [-0.15, -0.1) is 0 Å². The molecular formula is C16H21NO. The van der Waals surface area contributed by atoms with Gasteiger partial charge in [-0.3, -0.25) is 4.79 Å². The van der Waals surface area contributed by atoms with Crippen molar-refractivity contribution in [1.29, 1.82) is 0 Å². The van der Waals surface area contributed by atoms with E-state index in [2.05, 4.69) is 37.3 Å². The molecule has 2 unspecified atom stereocenters. The molecule has 1 amide bonds. The third-order valence-electron chi connectivity index (χ3n) is 4.64. The summed E-state index contributed by atoms with van der Waals surface area (Å²) in [5.41, 5.74) is 1.71. The Morgan fingerprint density at radius 1 is 1.33 bits per heavy atom. The molecule has 0 aliphatic heterocycles. The standard InChI is InChI=1S/C16H21NO/c1-16(13-6-4-3-5-7-13)10-14(16)11-17(2)15(18)12-8-9-12/h3-7,12,14H,8-11H2,1-2H3. The highest BCUT2D eigenvalue weighted by atomic mass is 16.2. The van der Waals surface area contributed by atoms with E-state index in [9.17, 15) is 4.79 Å². The quantitative estimate of drug-likeness (QED) is 0.796. The van der Waals surface area contributed by atoms with Crippen molar-refractivity contribution in [3.8, 4) is 0 Å². The molecule has 3 rings (SSSR count). The van der Waals surface area contributed by atoms with Gasteiger partial charge in [-0.1, -0.05) is 37.3 Å². The summed E-state index contributed by atoms with van der Waals surface area (Å²) in [4.78, 5) is 13.9. The van der Waals surface area contributed by atoms with E-state index in [0.717, 1.165) is 19.4 Å². The smallest absolute Gasteiger partial charge is 0.225 e. The molecule has 0 saturated heterocycles. The summed E-state index contributed by atoms with van der Waals surface area (Å²) in [6, 6.07) is 10.7. The van der Waals surface area contributed by atoms with Crippen LogP contribution in [-0.4, -0.2) is 24.4 Å². The number of carbonyl (C=O) groups is 1. The molecule has 2 nitrogen and oxygen atoms in total. The number of hydrogen-bond donors (Lipinski definition) is 0. The van der Waals surface area contributed by atoms with Crippen LogP contribution in [0.4, 0.5) is 0 Å². The van der Waals surface area contributed by atoms with Gasteiger partial charge in [0.05, 0.1) is 0 Å². The molecule has 2 aliphatic rings. The van der Waals surface area contributed by atoms with Crippen molar-refractivity contribution in [1.82, 2.24) is 4.90 Å². The summed E-state index contributed by atoms with van der Waals surface area (Å²) < 4.78 is 0. The van der Waals surface area contributed by atoms with Gasteiger partial charge in [-0.25, -0.2) is 0 Å². The molecule has 0 spiro atoms. The van der Waals surface area contributed by atoms with E-state index in [4.69, 9.17) is 0 Å². The van der Waals surface area contributed by atoms with E-state index >= 15 is 0 Å².